The van der Waals surface area contributed by atoms with Crippen molar-refractivity contribution in [2.45, 2.75) is 89.3 Å². The average molecular weight is 964 g/mol. The summed E-state index contributed by atoms with van der Waals surface area (Å²) in [6.07, 6.45) is -0.459. The van der Waals surface area contributed by atoms with Crippen LogP contribution in [0.3, 0.4) is 0 Å². The number of hydrogen-bond acceptors (Lipinski definition) is 12. The summed E-state index contributed by atoms with van der Waals surface area (Å²) in [4.78, 5) is 85.2. The summed E-state index contributed by atoms with van der Waals surface area (Å²) >= 11 is 0. The van der Waals surface area contributed by atoms with E-state index in [1.807, 2.05) is 78.9 Å². The number of halogens is 1. The number of amides is 3. The van der Waals surface area contributed by atoms with E-state index in [1.165, 1.54) is 10.6 Å². The van der Waals surface area contributed by atoms with Crippen molar-refractivity contribution in [1.82, 2.24) is 25.5 Å². The Morgan fingerprint density at radius 2 is 1.66 bits per heavy atom. The Bertz CT molecular complexity index is 3190. The summed E-state index contributed by atoms with van der Waals surface area (Å²) in [5.74, 6) is -3.35. The maximum atomic E-state index is 15.4. The number of alkyl carbamates (subject to hydrolysis) is 1. The van der Waals surface area contributed by atoms with E-state index in [-0.39, 0.29) is 62.7 Å². The summed E-state index contributed by atoms with van der Waals surface area (Å²) in [6, 6.07) is 25.9. The van der Waals surface area contributed by atoms with Gasteiger partial charge in [-0.15, -0.1) is 0 Å². The number of benzene rings is 4. The van der Waals surface area contributed by atoms with Crippen molar-refractivity contribution >= 4 is 40.7 Å². The van der Waals surface area contributed by atoms with Crippen molar-refractivity contribution in [2.75, 3.05) is 19.9 Å². The van der Waals surface area contributed by atoms with E-state index in [1.54, 1.807) is 19.9 Å². The number of carbonyl (C=O) groups is 5. The molecule has 4 aromatic carbocycles. The topological polar surface area (TPSA) is 213 Å². The number of cyclic esters (lactones) is 1. The normalized spacial score (nSPS) is 17.5. The van der Waals surface area contributed by atoms with Crippen LogP contribution in [-0.4, -0.2) is 70.5 Å². The summed E-state index contributed by atoms with van der Waals surface area (Å²) in [5.41, 5.74) is 6.23. The molecule has 2 aliphatic carbocycles. The summed E-state index contributed by atoms with van der Waals surface area (Å²) in [6.45, 7) is 2.16. The first-order valence-electron chi connectivity index (χ1n) is 23.6. The van der Waals surface area contributed by atoms with Crippen LogP contribution in [0.15, 0.2) is 95.8 Å². The van der Waals surface area contributed by atoms with Crippen LogP contribution in [0.2, 0.25) is 0 Å². The smallest absolute Gasteiger partial charge is 0.407 e. The minimum Gasteiger partial charge on any atom is -0.461 e. The third kappa shape index (κ3) is 8.69. The standard InChI is InChI=1S/C54H50FN5O11/c1-3-54(67)39-21-44-49-36(23-60(44)51(64)38(39)26-70-52(54)65)48-41(18-17-31-29(2)40(55)22-43(58-49)47(31)48)57-45(61)27-68-28-56-50(63)42(19-20-46(62)69-24-30-11-5-4-6-12-30)59-53(66)71-25-37-34-15-9-7-13-32(34)33-14-8-10-16-35(33)37/h4-16,21-22,37,41-42,67H,3,17-20,23-28H2,1-2H3,(H,56,63)(H,57,61)(H,59,66)/t41-,42-,54-/m0/s1. The lowest BCUT2D eigenvalue weighted by atomic mass is 9.81. The van der Waals surface area contributed by atoms with Crippen LogP contribution in [0, 0.1) is 12.7 Å². The highest BCUT2D eigenvalue weighted by molar-refractivity contribution is 5.94. The number of carbonyl (C=O) groups excluding carboxylic acids is 5. The summed E-state index contributed by atoms with van der Waals surface area (Å²) < 4.78 is 38.9. The molecule has 3 atom stereocenters. The molecule has 0 radical (unpaired) electrons. The van der Waals surface area contributed by atoms with E-state index >= 15 is 4.39 Å². The Balaban J connectivity index is 0.814. The molecule has 4 N–H and O–H groups in total. The lowest BCUT2D eigenvalue weighted by molar-refractivity contribution is -0.172. The van der Waals surface area contributed by atoms with Crippen molar-refractivity contribution < 1.29 is 52.4 Å². The molecule has 0 saturated heterocycles. The third-order valence-electron chi connectivity index (χ3n) is 14.1. The number of nitrogens with zero attached hydrogens (tertiary/aromatic N) is 2. The lowest BCUT2D eigenvalue weighted by Crippen LogP contribution is -2.48. The second kappa shape index (κ2) is 19.2. The van der Waals surface area contributed by atoms with Crippen LogP contribution in [0.25, 0.3) is 33.4 Å². The fourth-order valence-corrected chi connectivity index (χ4v) is 10.4. The molecule has 17 heteroatoms. The maximum Gasteiger partial charge on any atom is 0.407 e. The molecule has 0 saturated carbocycles. The van der Waals surface area contributed by atoms with Gasteiger partial charge in [-0.3, -0.25) is 19.2 Å². The molecule has 6 aromatic rings. The van der Waals surface area contributed by atoms with Gasteiger partial charge in [-0.05, 0) is 83.2 Å². The zero-order valence-electron chi connectivity index (χ0n) is 39.0. The maximum absolute atomic E-state index is 15.4. The number of hydrogen-bond donors (Lipinski definition) is 4. The zero-order chi connectivity index (χ0) is 49.6. The zero-order valence-corrected chi connectivity index (χ0v) is 39.0. The van der Waals surface area contributed by atoms with Crippen molar-refractivity contribution in [2.24, 2.45) is 0 Å². The Kier molecular flexibility index (Phi) is 12.7. The van der Waals surface area contributed by atoms with Crippen molar-refractivity contribution in [1.29, 1.82) is 0 Å². The number of aliphatic hydroxyl groups is 1. The fraction of sp³-hybridized carbons (Fsp3) is 0.315. The largest absolute Gasteiger partial charge is 0.461 e. The number of ether oxygens (including phenoxy) is 4. The van der Waals surface area contributed by atoms with Crippen molar-refractivity contribution in [3.8, 4) is 22.5 Å². The highest BCUT2D eigenvalue weighted by atomic mass is 19.1. The van der Waals surface area contributed by atoms with Crippen LogP contribution >= 0.6 is 0 Å². The molecule has 0 spiro atoms. The van der Waals surface area contributed by atoms with E-state index in [0.29, 0.717) is 51.8 Å². The van der Waals surface area contributed by atoms with Gasteiger partial charge in [0.05, 0.1) is 35.1 Å². The molecule has 10 rings (SSSR count). The van der Waals surface area contributed by atoms with Gasteiger partial charge in [0.1, 0.15) is 45.0 Å². The molecule has 2 aromatic heterocycles. The molecular weight excluding hydrogens is 914 g/mol. The van der Waals surface area contributed by atoms with E-state index in [2.05, 4.69) is 16.0 Å². The Hall–Kier alpha value is -7.76. The highest BCUT2D eigenvalue weighted by Gasteiger charge is 2.46. The van der Waals surface area contributed by atoms with E-state index in [4.69, 9.17) is 23.9 Å². The van der Waals surface area contributed by atoms with Crippen LogP contribution in [-0.2, 0) is 69.9 Å². The van der Waals surface area contributed by atoms with Crippen LogP contribution in [0.4, 0.5) is 9.18 Å². The van der Waals surface area contributed by atoms with Crippen molar-refractivity contribution in [3.63, 3.8) is 0 Å². The second-order valence-electron chi connectivity index (χ2n) is 18.2. The minimum absolute atomic E-state index is 0.00333. The number of nitrogens with one attached hydrogen (secondary N) is 3. The summed E-state index contributed by atoms with van der Waals surface area (Å²) in [5, 5.41) is 20.3. The van der Waals surface area contributed by atoms with E-state index in [9.17, 15) is 33.9 Å². The van der Waals surface area contributed by atoms with Gasteiger partial charge in [0, 0.05) is 34.9 Å². The van der Waals surface area contributed by atoms with Gasteiger partial charge in [-0.1, -0.05) is 85.8 Å². The molecule has 16 nitrogen and oxygen atoms in total. The number of rotatable bonds is 15. The van der Waals surface area contributed by atoms with Crippen LogP contribution < -0.4 is 21.5 Å². The van der Waals surface area contributed by atoms with E-state index < -0.39 is 72.2 Å². The number of esters is 2. The molecule has 0 unspecified atom stereocenters. The summed E-state index contributed by atoms with van der Waals surface area (Å²) in [7, 11) is 0. The predicted octanol–water partition coefficient (Wildman–Crippen LogP) is 6.15. The lowest BCUT2D eigenvalue weighted by Gasteiger charge is -2.31. The predicted molar refractivity (Wildman–Crippen MR) is 255 cm³/mol. The molecule has 3 amide bonds. The van der Waals surface area contributed by atoms with E-state index in [0.717, 1.165) is 33.4 Å². The highest BCUT2D eigenvalue weighted by Crippen LogP contribution is 2.47. The molecule has 4 heterocycles. The molecule has 0 bridgehead atoms. The van der Waals surface area contributed by atoms with Crippen molar-refractivity contribution in [3.05, 3.63) is 157 Å². The van der Waals surface area contributed by atoms with Crippen LogP contribution in [0.1, 0.15) is 94.6 Å². The molecule has 0 fully saturated rings. The molecule has 2 aliphatic heterocycles. The first-order valence-corrected chi connectivity index (χ1v) is 23.6. The monoisotopic (exact) mass is 963 g/mol. The Morgan fingerprint density at radius 1 is 0.944 bits per heavy atom. The number of pyridine rings is 2. The van der Waals surface area contributed by atoms with Gasteiger partial charge < -0.3 is 44.6 Å². The van der Waals surface area contributed by atoms with Gasteiger partial charge in [-0.2, -0.15) is 0 Å². The first kappa shape index (κ1) is 46.9. The first-order chi connectivity index (χ1) is 34.3. The average Bonchev–Trinajstić information content (AvgIpc) is 3.91. The van der Waals surface area contributed by atoms with Gasteiger partial charge in [-0.25, -0.2) is 19.0 Å². The number of fused-ring (bicyclic) bond motifs is 8. The Morgan fingerprint density at radius 3 is 2.39 bits per heavy atom. The van der Waals surface area contributed by atoms with Gasteiger partial charge >= 0.3 is 18.0 Å². The molecule has 364 valence electrons. The van der Waals surface area contributed by atoms with Crippen LogP contribution in [0.5, 0.6) is 0 Å². The molecule has 4 aliphatic rings. The number of aromatic nitrogens is 2. The molecular formula is C54H50FN5O11. The second-order valence-corrected chi connectivity index (χ2v) is 18.2. The fourth-order valence-electron chi connectivity index (χ4n) is 10.4. The SMILES string of the molecule is CC[C@@]1(O)C(=O)OCc2c1cc1n(c2=O)Cc2c-1nc1cc(F)c(C)c3c1c2[C@@H](NC(=O)COCNC(=O)[C@H](CCC(=O)OCc1ccccc1)NC(=O)OCC1c2ccccc2-c2ccccc21)CC3. The quantitative estimate of drug-likeness (QED) is 0.0394. The Labute approximate surface area is 406 Å². The third-order valence-corrected chi connectivity index (χ3v) is 14.1. The van der Waals surface area contributed by atoms with Gasteiger partial charge in [0.2, 0.25) is 11.8 Å². The van der Waals surface area contributed by atoms with Gasteiger partial charge in [0.15, 0.2) is 5.60 Å². The molecule has 71 heavy (non-hydrogen) atoms. The van der Waals surface area contributed by atoms with Gasteiger partial charge in [0.25, 0.3) is 5.56 Å². The number of aryl methyl sites for hydroxylation is 1. The minimum atomic E-state index is -2.04.